The summed E-state index contributed by atoms with van der Waals surface area (Å²) in [7, 11) is 1.86. The lowest BCUT2D eigenvalue weighted by molar-refractivity contribution is 0.687. The smallest absolute Gasteiger partial charge is 0.158 e. The second-order valence-electron chi connectivity index (χ2n) is 6.83. The van der Waals surface area contributed by atoms with E-state index in [0.29, 0.717) is 11.6 Å². The minimum Gasteiger partial charge on any atom is -0.380 e. The van der Waals surface area contributed by atoms with Gasteiger partial charge in [-0.2, -0.15) is 10.4 Å². The second kappa shape index (κ2) is 7.58. The van der Waals surface area contributed by atoms with Crippen molar-refractivity contribution >= 4 is 17.3 Å². The summed E-state index contributed by atoms with van der Waals surface area (Å²) in [4.78, 5) is 8.16. The molecule has 142 valence electrons. The van der Waals surface area contributed by atoms with Crippen molar-refractivity contribution in [2.45, 2.75) is 31.3 Å². The minimum atomic E-state index is 0.223. The fourth-order valence-corrected chi connectivity index (χ4v) is 3.27. The number of hydrogen-bond acceptors (Lipinski definition) is 9. The van der Waals surface area contributed by atoms with Crippen molar-refractivity contribution in [1.82, 2.24) is 29.9 Å². The minimum absolute atomic E-state index is 0.223. The van der Waals surface area contributed by atoms with Gasteiger partial charge in [0.2, 0.25) is 0 Å². The number of rotatable bonds is 5. The Morgan fingerprint density at radius 1 is 1.18 bits per heavy atom. The van der Waals surface area contributed by atoms with Gasteiger partial charge in [-0.3, -0.25) is 4.68 Å². The molecule has 0 radical (unpaired) electrons. The molecule has 0 saturated heterocycles. The molecule has 0 aromatic carbocycles. The Balaban J connectivity index is 1.62. The van der Waals surface area contributed by atoms with Crippen molar-refractivity contribution in [1.29, 1.82) is 5.26 Å². The van der Waals surface area contributed by atoms with Crippen LogP contribution in [0.25, 0.3) is 11.3 Å². The van der Waals surface area contributed by atoms with Gasteiger partial charge >= 0.3 is 0 Å². The number of nitriles is 1. The zero-order valence-corrected chi connectivity index (χ0v) is 15.4. The lowest BCUT2D eigenvalue weighted by atomic mass is 10.1. The molecule has 0 spiro atoms. The average molecular weight is 376 g/mol. The summed E-state index contributed by atoms with van der Waals surface area (Å²) in [5.74, 6) is 1.01. The number of nitrogens with zero attached hydrogens (tertiary/aromatic N) is 7. The van der Waals surface area contributed by atoms with Crippen LogP contribution in [0.5, 0.6) is 0 Å². The topological polar surface area (TPSA) is 143 Å². The molecular weight excluding hydrogens is 356 g/mol. The van der Waals surface area contributed by atoms with E-state index in [1.165, 1.54) is 12.4 Å². The van der Waals surface area contributed by atoms with Crippen molar-refractivity contribution in [2.24, 2.45) is 12.8 Å². The summed E-state index contributed by atoms with van der Waals surface area (Å²) in [6, 6.07) is 4.34. The van der Waals surface area contributed by atoms with Gasteiger partial charge in [0.25, 0.3) is 0 Å². The maximum Gasteiger partial charge on any atom is 0.158 e. The Kier molecular flexibility index (Phi) is 4.82. The van der Waals surface area contributed by atoms with Crippen LogP contribution in [0.1, 0.15) is 25.0 Å². The molecule has 0 aliphatic heterocycles. The molecule has 0 bridgehead atoms. The number of hydrogen-bond donors (Lipinski definition) is 3. The highest BCUT2D eigenvalue weighted by molar-refractivity contribution is 5.75. The fourth-order valence-electron chi connectivity index (χ4n) is 3.27. The molecule has 1 aliphatic carbocycles. The molecule has 3 heterocycles. The standard InChI is InChI=1S/C18H20N10/c1-28-10-11(7-23-28)18-15(24-13-3-2-12(20)4-13)5-16(26-27-18)25-17-9-21-14(6-19)8-22-17/h5,7-10,12-13H,2-4,20H2,1H3,(H2,22,24,25,26). The predicted octanol–water partition coefficient (Wildman–Crippen LogP) is 1.57. The largest absolute Gasteiger partial charge is 0.380 e. The quantitative estimate of drug-likeness (QED) is 0.604. The predicted molar refractivity (Wildman–Crippen MR) is 104 cm³/mol. The molecule has 2 unspecified atom stereocenters. The molecule has 28 heavy (non-hydrogen) atoms. The van der Waals surface area contributed by atoms with Gasteiger partial charge in [-0.25, -0.2) is 9.97 Å². The van der Waals surface area contributed by atoms with E-state index in [4.69, 9.17) is 11.0 Å². The van der Waals surface area contributed by atoms with Gasteiger partial charge in [0.15, 0.2) is 11.5 Å². The van der Waals surface area contributed by atoms with E-state index >= 15 is 0 Å². The molecule has 1 aliphatic rings. The van der Waals surface area contributed by atoms with E-state index < -0.39 is 0 Å². The Hall–Kier alpha value is -3.58. The van der Waals surface area contributed by atoms with Crippen LogP contribution in [0.3, 0.4) is 0 Å². The fraction of sp³-hybridized carbons (Fsp3) is 0.333. The van der Waals surface area contributed by atoms with E-state index in [0.717, 1.165) is 36.2 Å². The molecule has 0 amide bonds. The molecular formula is C18H20N10. The average Bonchev–Trinajstić information content (AvgIpc) is 3.31. The van der Waals surface area contributed by atoms with E-state index in [2.05, 4.69) is 35.9 Å². The highest BCUT2D eigenvalue weighted by Gasteiger charge is 2.23. The van der Waals surface area contributed by atoms with Crippen LogP contribution in [0.15, 0.2) is 30.9 Å². The first kappa shape index (κ1) is 17.8. The Bertz CT molecular complexity index is 1000. The third-order valence-electron chi connectivity index (χ3n) is 4.63. The van der Waals surface area contributed by atoms with Gasteiger partial charge in [-0.05, 0) is 19.3 Å². The molecule has 10 heteroatoms. The number of nitrogens with one attached hydrogen (secondary N) is 2. The summed E-state index contributed by atoms with van der Waals surface area (Å²) in [5, 5.41) is 28.3. The van der Waals surface area contributed by atoms with Gasteiger partial charge in [-0.1, -0.05) is 0 Å². The summed E-state index contributed by atoms with van der Waals surface area (Å²) in [6.45, 7) is 0. The van der Waals surface area contributed by atoms with Crippen molar-refractivity contribution in [2.75, 3.05) is 10.6 Å². The Labute approximate surface area is 161 Å². The van der Waals surface area contributed by atoms with Crippen LogP contribution in [0.4, 0.5) is 17.3 Å². The normalized spacial score (nSPS) is 18.6. The summed E-state index contributed by atoms with van der Waals surface area (Å²) < 4.78 is 1.73. The lowest BCUT2D eigenvalue weighted by Gasteiger charge is -2.17. The molecule has 1 fully saturated rings. The zero-order valence-electron chi connectivity index (χ0n) is 15.4. The first-order chi connectivity index (χ1) is 13.6. The van der Waals surface area contributed by atoms with Gasteiger partial charge < -0.3 is 16.4 Å². The lowest BCUT2D eigenvalue weighted by Crippen LogP contribution is -2.21. The summed E-state index contributed by atoms with van der Waals surface area (Å²) in [5.41, 5.74) is 8.77. The number of aromatic nitrogens is 6. The van der Waals surface area contributed by atoms with E-state index in [1.54, 1.807) is 10.9 Å². The monoisotopic (exact) mass is 376 g/mol. The first-order valence-corrected chi connectivity index (χ1v) is 8.99. The molecule has 10 nitrogen and oxygen atoms in total. The Morgan fingerprint density at radius 2 is 2.07 bits per heavy atom. The van der Waals surface area contributed by atoms with Crippen LogP contribution in [-0.4, -0.2) is 42.0 Å². The number of nitrogens with two attached hydrogens (primary N) is 1. The molecule has 3 aromatic rings. The molecule has 4 N–H and O–H groups in total. The first-order valence-electron chi connectivity index (χ1n) is 8.99. The summed E-state index contributed by atoms with van der Waals surface area (Å²) >= 11 is 0. The number of anilines is 3. The highest BCUT2D eigenvalue weighted by Crippen LogP contribution is 2.30. The van der Waals surface area contributed by atoms with Crippen molar-refractivity contribution < 1.29 is 0 Å². The van der Waals surface area contributed by atoms with Gasteiger partial charge in [0.05, 0.1) is 24.3 Å². The van der Waals surface area contributed by atoms with Crippen LogP contribution in [0.2, 0.25) is 0 Å². The third kappa shape index (κ3) is 3.89. The van der Waals surface area contributed by atoms with Crippen molar-refractivity contribution in [3.63, 3.8) is 0 Å². The Morgan fingerprint density at radius 3 is 2.71 bits per heavy atom. The maximum atomic E-state index is 8.83. The SMILES string of the molecule is Cn1cc(-c2nnc(Nc3cnc(C#N)cn3)cc2NC2CCC(N)C2)cn1. The second-order valence-corrected chi connectivity index (χ2v) is 6.83. The van der Waals surface area contributed by atoms with Crippen LogP contribution >= 0.6 is 0 Å². The van der Waals surface area contributed by atoms with E-state index in [9.17, 15) is 0 Å². The third-order valence-corrected chi connectivity index (χ3v) is 4.63. The number of aryl methyl sites for hydroxylation is 1. The van der Waals surface area contributed by atoms with Gasteiger partial charge in [-0.15, -0.1) is 10.2 Å². The van der Waals surface area contributed by atoms with Gasteiger partial charge in [0.1, 0.15) is 17.6 Å². The maximum absolute atomic E-state index is 8.83. The van der Waals surface area contributed by atoms with E-state index in [1.807, 2.05) is 25.4 Å². The van der Waals surface area contributed by atoms with Crippen molar-refractivity contribution in [3.8, 4) is 17.3 Å². The molecule has 4 rings (SSSR count). The summed E-state index contributed by atoms with van der Waals surface area (Å²) in [6.07, 6.45) is 9.48. The molecule has 2 atom stereocenters. The molecule has 1 saturated carbocycles. The highest BCUT2D eigenvalue weighted by atomic mass is 15.2. The van der Waals surface area contributed by atoms with Crippen LogP contribution < -0.4 is 16.4 Å². The molecule has 3 aromatic heterocycles. The van der Waals surface area contributed by atoms with E-state index in [-0.39, 0.29) is 17.8 Å². The zero-order chi connectivity index (χ0) is 19.5. The van der Waals surface area contributed by atoms with Gasteiger partial charge in [0, 0.05) is 37.0 Å². The van der Waals surface area contributed by atoms with Crippen molar-refractivity contribution in [3.05, 3.63) is 36.5 Å². The van der Waals surface area contributed by atoms with Crippen LogP contribution in [0, 0.1) is 11.3 Å². The van der Waals surface area contributed by atoms with Crippen LogP contribution in [-0.2, 0) is 7.05 Å².